The topological polar surface area (TPSA) is 40.5 Å². The zero-order valence-corrected chi connectivity index (χ0v) is 10.4. The quantitative estimate of drug-likeness (QED) is 0.878. The highest BCUT2D eigenvalue weighted by Crippen LogP contribution is 2.31. The molecule has 0 radical (unpaired) electrons. The zero-order chi connectivity index (χ0) is 12.3. The maximum Gasteiger partial charge on any atom is 0.337 e. The Hall–Kier alpha value is -1.22. The van der Waals surface area contributed by atoms with Crippen molar-refractivity contribution in [2.75, 3.05) is 18.0 Å². The summed E-state index contributed by atoms with van der Waals surface area (Å²) in [5.74, 6) is -0.910. The molecule has 0 saturated carbocycles. The molecule has 1 heterocycles. The van der Waals surface area contributed by atoms with Gasteiger partial charge in [0.15, 0.2) is 0 Å². The van der Waals surface area contributed by atoms with E-state index in [1.807, 2.05) is 0 Å². The van der Waals surface area contributed by atoms with Crippen molar-refractivity contribution in [3.8, 4) is 0 Å². The number of aromatic carboxylic acids is 1. The first-order chi connectivity index (χ1) is 8.20. The molecule has 1 aliphatic heterocycles. The van der Waals surface area contributed by atoms with E-state index in [4.69, 9.17) is 11.6 Å². The Kier molecular flexibility index (Phi) is 3.89. The lowest BCUT2D eigenvalue weighted by atomic mass is 10.1. The van der Waals surface area contributed by atoms with E-state index in [1.165, 1.54) is 12.8 Å². The number of halogens is 1. The second-order valence-electron chi connectivity index (χ2n) is 4.34. The van der Waals surface area contributed by atoms with Crippen LogP contribution >= 0.6 is 11.6 Å². The van der Waals surface area contributed by atoms with Crippen LogP contribution in [0.4, 0.5) is 5.69 Å². The number of nitrogens with zero attached hydrogens (tertiary/aromatic N) is 1. The molecule has 3 nitrogen and oxygen atoms in total. The fourth-order valence-corrected chi connectivity index (χ4v) is 2.60. The average molecular weight is 254 g/mol. The van der Waals surface area contributed by atoms with Crippen LogP contribution in [-0.2, 0) is 0 Å². The van der Waals surface area contributed by atoms with Crippen molar-refractivity contribution in [1.82, 2.24) is 0 Å². The van der Waals surface area contributed by atoms with Gasteiger partial charge < -0.3 is 10.0 Å². The molecule has 0 spiro atoms. The second-order valence-corrected chi connectivity index (χ2v) is 4.75. The highest BCUT2D eigenvalue weighted by atomic mass is 35.5. The van der Waals surface area contributed by atoms with Gasteiger partial charge in [0.05, 0.1) is 16.3 Å². The normalized spacial score (nSPS) is 16.6. The van der Waals surface area contributed by atoms with Gasteiger partial charge in [0, 0.05) is 13.1 Å². The van der Waals surface area contributed by atoms with Gasteiger partial charge in [-0.2, -0.15) is 0 Å². The molecule has 17 heavy (non-hydrogen) atoms. The van der Waals surface area contributed by atoms with Gasteiger partial charge >= 0.3 is 5.97 Å². The molecule has 1 N–H and O–H groups in total. The molecule has 4 heteroatoms. The summed E-state index contributed by atoms with van der Waals surface area (Å²) in [4.78, 5) is 13.3. The molecule has 0 amide bonds. The molecule has 0 aromatic heterocycles. The van der Waals surface area contributed by atoms with Crippen LogP contribution in [0.1, 0.15) is 36.0 Å². The van der Waals surface area contributed by atoms with Crippen LogP contribution in [0.3, 0.4) is 0 Å². The van der Waals surface area contributed by atoms with Crippen molar-refractivity contribution >= 4 is 23.3 Å². The number of carboxylic acids is 1. The van der Waals surface area contributed by atoms with Crippen LogP contribution in [-0.4, -0.2) is 24.2 Å². The first kappa shape index (κ1) is 12.2. The van der Waals surface area contributed by atoms with Gasteiger partial charge in [-0.25, -0.2) is 4.79 Å². The van der Waals surface area contributed by atoms with Crippen LogP contribution in [0, 0.1) is 0 Å². The number of carboxylic acid groups (broad SMARTS) is 1. The van der Waals surface area contributed by atoms with Gasteiger partial charge in [-0.1, -0.05) is 30.5 Å². The van der Waals surface area contributed by atoms with Crippen LogP contribution < -0.4 is 4.90 Å². The first-order valence-corrected chi connectivity index (χ1v) is 6.34. The summed E-state index contributed by atoms with van der Waals surface area (Å²) in [5, 5.41) is 9.74. The van der Waals surface area contributed by atoms with E-state index < -0.39 is 5.97 Å². The Morgan fingerprint density at radius 3 is 2.41 bits per heavy atom. The van der Waals surface area contributed by atoms with Crippen molar-refractivity contribution in [2.45, 2.75) is 25.7 Å². The number of rotatable bonds is 2. The third-order valence-corrected chi connectivity index (χ3v) is 3.44. The largest absolute Gasteiger partial charge is 0.478 e. The molecule has 0 bridgehead atoms. The van der Waals surface area contributed by atoms with Gasteiger partial charge in [-0.15, -0.1) is 0 Å². The van der Waals surface area contributed by atoms with Crippen LogP contribution in [0.5, 0.6) is 0 Å². The average Bonchev–Trinajstić information content (AvgIpc) is 2.57. The molecule has 0 atom stereocenters. The zero-order valence-electron chi connectivity index (χ0n) is 9.66. The molecule has 1 fully saturated rings. The van der Waals surface area contributed by atoms with Crippen molar-refractivity contribution in [1.29, 1.82) is 0 Å². The standard InChI is InChI=1S/C13H16ClNO2/c14-11-7-5-6-10(13(16)17)12(11)15-8-3-1-2-4-9-15/h5-7H,1-4,8-9H2,(H,16,17). The molecule has 0 unspecified atom stereocenters. The number of para-hydroxylation sites is 1. The Labute approximate surface area is 106 Å². The van der Waals surface area contributed by atoms with E-state index in [2.05, 4.69) is 4.90 Å². The smallest absolute Gasteiger partial charge is 0.337 e. The molecule has 1 aromatic carbocycles. The van der Waals surface area contributed by atoms with Crippen molar-refractivity contribution in [3.05, 3.63) is 28.8 Å². The number of anilines is 1. The second kappa shape index (κ2) is 5.41. The summed E-state index contributed by atoms with van der Waals surface area (Å²) in [5.41, 5.74) is 0.989. The van der Waals surface area contributed by atoms with Gasteiger partial charge in [0.1, 0.15) is 0 Å². The Morgan fingerprint density at radius 1 is 1.18 bits per heavy atom. The highest BCUT2D eigenvalue weighted by molar-refractivity contribution is 6.34. The Bertz CT molecular complexity index is 412. The molecule has 1 aromatic rings. The lowest BCUT2D eigenvalue weighted by Gasteiger charge is -2.25. The number of benzene rings is 1. The fourth-order valence-electron chi connectivity index (χ4n) is 2.30. The maximum atomic E-state index is 11.2. The maximum absolute atomic E-state index is 11.2. The Morgan fingerprint density at radius 2 is 1.82 bits per heavy atom. The van der Waals surface area contributed by atoms with Crippen LogP contribution in [0.25, 0.3) is 0 Å². The number of carbonyl (C=O) groups is 1. The third kappa shape index (κ3) is 2.72. The number of hydrogen-bond acceptors (Lipinski definition) is 2. The summed E-state index contributed by atoms with van der Waals surface area (Å²) in [7, 11) is 0. The summed E-state index contributed by atoms with van der Waals surface area (Å²) in [6.07, 6.45) is 4.63. The molecule has 1 saturated heterocycles. The molecular formula is C13H16ClNO2. The minimum absolute atomic E-state index is 0.305. The van der Waals surface area contributed by atoms with Crippen molar-refractivity contribution in [2.24, 2.45) is 0 Å². The van der Waals surface area contributed by atoms with E-state index in [9.17, 15) is 9.90 Å². The van der Waals surface area contributed by atoms with Gasteiger partial charge in [-0.3, -0.25) is 0 Å². The molecule has 1 aliphatic rings. The van der Waals surface area contributed by atoms with E-state index in [0.717, 1.165) is 25.9 Å². The van der Waals surface area contributed by atoms with E-state index in [1.54, 1.807) is 18.2 Å². The third-order valence-electron chi connectivity index (χ3n) is 3.14. The molecular weight excluding hydrogens is 238 g/mol. The number of hydrogen-bond donors (Lipinski definition) is 1. The molecule has 92 valence electrons. The lowest BCUT2D eigenvalue weighted by molar-refractivity contribution is 0.0697. The van der Waals surface area contributed by atoms with Crippen molar-refractivity contribution < 1.29 is 9.90 Å². The summed E-state index contributed by atoms with van der Waals surface area (Å²) < 4.78 is 0. The van der Waals surface area contributed by atoms with E-state index in [0.29, 0.717) is 16.3 Å². The summed E-state index contributed by atoms with van der Waals surface area (Å²) in [6, 6.07) is 5.07. The summed E-state index contributed by atoms with van der Waals surface area (Å²) in [6.45, 7) is 1.79. The SMILES string of the molecule is O=C(O)c1cccc(Cl)c1N1CCCCCC1. The van der Waals surface area contributed by atoms with E-state index in [-0.39, 0.29) is 0 Å². The molecule has 2 rings (SSSR count). The highest BCUT2D eigenvalue weighted by Gasteiger charge is 2.19. The van der Waals surface area contributed by atoms with Crippen LogP contribution in [0.15, 0.2) is 18.2 Å². The van der Waals surface area contributed by atoms with Crippen LogP contribution in [0.2, 0.25) is 5.02 Å². The predicted octanol–water partition coefficient (Wildman–Crippen LogP) is 3.42. The molecule has 0 aliphatic carbocycles. The minimum atomic E-state index is -0.910. The van der Waals surface area contributed by atoms with E-state index >= 15 is 0 Å². The Balaban J connectivity index is 2.37. The monoisotopic (exact) mass is 253 g/mol. The van der Waals surface area contributed by atoms with Crippen molar-refractivity contribution in [3.63, 3.8) is 0 Å². The minimum Gasteiger partial charge on any atom is -0.478 e. The van der Waals surface area contributed by atoms with Gasteiger partial charge in [0.2, 0.25) is 0 Å². The first-order valence-electron chi connectivity index (χ1n) is 5.97. The fraction of sp³-hybridized carbons (Fsp3) is 0.462. The lowest BCUT2D eigenvalue weighted by Crippen LogP contribution is -2.26. The van der Waals surface area contributed by atoms with Gasteiger partial charge in [0.25, 0.3) is 0 Å². The van der Waals surface area contributed by atoms with Gasteiger partial charge in [-0.05, 0) is 25.0 Å². The summed E-state index contributed by atoms with van der Waals surface area (Å²) >= 11 is 6.16. The predicted molar refractivity (Wildman–Crippen MR) is 69.1 cm³/mol.